The van der Waals surface area contributed by atoms with Gasteiger partial charge in [0.1, 0.15) is 5.69 Å². The molecule has 5 rings (SSSR count). The first kappa shape index (κ1) is 24.0. The minimum Gasteiger partial charge on any atom is -0.370 e. The molecule has 1 fully saturated rings. The van der Waals surface area contributed by atoms with Crippen LogP contribution < -0.4 is 4.90 Å². The molecule has 2 aromatic carbocycles. The summed E-state index contributed by atoms with van der Waals surface area (Å²) in [6.07, 6.45) is 9.91. The molecule has 0 saturated carbocycles. The Kier molecular flexibility index (Phi) is 7.37. The minimum atomic E-state index is -0.00498. The number of amides is 1. The zero-order valence-corrected chi connectivity index (χ0v) is 20.6. The summed E-state index contributed by atoms with van der Waals surface area (Å²) in [4.78, 5) is 21.6. The van der Waals surface area contributed by atoms with Crippen LogP contribution in [0.4, 0.5) is 5.69 Å². The lowest BCUT2D eigenvalue weighted by Gasteiger charge is -2.23. The second-order valence-corrected chi connectivity index (χ2v) is 9.02. The number of carbonyl (C=O) groups is 1. The van der Waals surface area contributed by atoms with Crippen molar-refractivity contribution in [1.29, 1.82) is 5.26 Å². The van der Waals surface area contributed by atoms with Crippen LogP contribution in [0.3, 0.4) is 0 Å². The summed E-state index contributed by atoms with van der Waals surface area (Å²) < 4.78 is 1.91. The first-order valence-corrected chi connectivity index (χ1v) is 12.4. The van der Waals surface area contributed by atoms with Gasteiger partial charge in [0.05, 0.1) is 18.2 Å². The highest BCUT2D eigenvalue weighted by atomic mass is 16.2. The number of pyridine rings is 1. The van der Waals surface area contributed by atoms with Crippen LogP contribution in [0.1, 0.15) is 23.1 Å². The van der Waals surface area contributed by atoms with Gasteiger partial charge in [0.25, 0.3) is 0 Å². The lowest BCUT2D eigenvalue weighted by molar-refractivity contribution is -0.125. The summed E-state index contributed by atoms with van der Waals surface area (Å²) in [5.74, 6) is -0.00498. The number of rotatable bonds is 6. The monoisotopic (exact) mass is 488 g/mol. The summed E-state index contributed by atoms with van der Waals surface area (Å²) >= 11 is 0. The number of anilines is 1. The van der Waals surface area contributed by atoms with Gasteiger partial charge in [-0.15, -0.1) is 0 Å². The van der Waals surface area contributed by atoms with Gasteiger partial charge in [0.2, 0.25) is 5.91 Å². The van der Waals surface area contributed by atoms with E-state index in [2.05, 4.69) is 28.1 Å². The summed E-state index contributed by atoms with van der Waals surface area (Å²) in [6.45, 7) is 3.62. The molecule has 1 aliphatic heterocycles. The molecular formula is C30H28N6O. The average molecular weight is 489 g/mol. The van der Waals surface area contributed by atoms with Gasteiger partial charge in [-0.05, 0) is 54.5 Å². The molecule has 0 unspecified atom stereocenters. The number of aromatic nitrogens is 3. The molecule has 0 N–H and O–H groups in total. The third-order valence-electron chi connectivity index (χ3n) is 6.49. The molecule has 184 valence electrons. The largest absolute Gasteiger partial charge is 0.370 e. The molecule has 1 aliphatic rings. The van der Waals surface area contributed by atoms with Crippen molar-refractivity contribution in [3.8, 4) is 17.3 Å². The molecule has 4 aromatic rings. The zero-order chi connectivity index (χ0) is 25.5. The molecule has 1 amide bonds. The maximum absolute atomic E-state index is 13.1. The molecule has 7 nitrogen and oxygen atoms in total. The van der Waals surface area contributed by atoms with E-state index in [1.54, 1.807) is 18.5 Å². The maximum Gasteiger partial charge on any atom is 0.246 e. The molecule has 1 saturated heterocycles. The van der Waals surface area contributed by atoms with E-state index in [0.717, 1.165) is 47.6 Å². The van der Waals surface area contributed by atoms with Crippen molar-refractivity contribution in [2.45, 2.75) is 13.0 Å². The van der Waals surface area contributed by atoms with E-state index in [-0.39, 0.29) is 5.91 Å². The summed E-state index contributed by atoms with van der Waals surface area (Å²) in [5, 5.41) is 13.9. The Balaban J connectivity index is 1.30. The van der Waals surface area contributed by atoms with E-state index in [9.17, 15) is 4.79 Å². The van der Waals surface area contributed by atoms with E-state index in [1.807, 2.05) is 76.5 Å². The Morgan fingerprint density at radius 1 is 0.973 bits per heavy atom. The topological polar surface area (TPSA) is 78.0 Å². The molecule has 0 spiro atoms. The molecule has 0 atom stereocenters. The van der Waals surface area contributed by atoms with Crippen molar-refractivity contribution in [3.63, 3.8) is 0 Å². The zero-order valence-electron chi connectivity index (χ0n) is 20.6. The molecule has 0 aliphatic carbocycles. The van der Waals surface area contributed by atoms with Gasteiger partial charge in [0, 0.05) is 67.7 Å². The average Bonchev–Trinajstić information content (AvgIpc) is 3.18. The van der Waals surface area contributed by atoms with E-state index in [1.165, 1.54) is 0 Å². The number of nitriles is 1. The predicted octanol–water partition coefficient (Wildman–Crippen LogP) is 4.62. The Bertz CT molecular complexity index is 1400. The smallest absolute Gasteiger partial charge is 0.246 e. The molecule has 7 heteroatoms. The van der Waals surface area contributed by atoms with Crippen LogP contribution in [0.2, 0.25) is 0 Å². The Morgan fingerprint density at radius 3 is 2.57 bits per heavy atom. The maximum atomic E-state index is 13.1. The minimum absolute atomic E-state index is 0.00498. The third-order valence-corrected chi connectivity index (χ3v) is 6.49. The van der Waals surface area contributed by atoms with E-state index in [4.69, 9.17) is 10.4 Å². The molecule has 37 heavy (non-hydrogen) atoms. The van der Waals surface area contributed by atoms with E-state index < -0.39 is 0 Å². The Labute approximate surface area is 216 Å². The van der Waals surface area contributed by atoms with E-state index >= 15 is 0 Å². The second kappa shape index (κ2) is 11.4. The van der Waals surface area contributed by atoms with Crippen molar-refractivity contribution in [2.24, 2.45) is 0 Å². The number of carbonyl (C=O) groups excluding carboxylic acids is 1. The van der Waals surface area contributed by atoms with Gasteiger partial charge in [-0.2, -0.15) is 10.4 Å². The van der Waals surface area contributed by atoms with Crippen LogP contribution in [0.25, 0.3) is 17.3 Å². The quantitative estimate of drug-likeness (QED) is 0.370. The van der Waals surface area contributed by atoms with Crippen molar-refractivity contribution in [2.75, 3.05) is 31.1 Å². The van der Waals surface area contributed by atoms with Gasteiger partial charge in [0.15, 0.2) is 0 Å². The molecule has 2 aromatic heterocycles. The van der Waals surface area contributed by atoms with Gasteiger partial charge in [-0.25, -0.2) is 0 Å². The summed E-state index contributed by atoms with van der Waals surface area (Å²) in [5.41, 5.74) is 5.48. The van der Waals surface area contributed by atoms with Crippen molar-refractivity contribution < 1.29 is 4.79 Å². The van der Waals surface area contributed by atoms with Crippen LogP contribution >= 0.6 is 0 Å². The third kappa shape index (κ3) is 5.93. The Hall–Kier alpha value is -4.70. The predicted molar refractivity (Wildman–Crippen MR) is 145 cm³/mol. The second-order valence-electron chi connectivity index (χ2n) is 9.02. The van der Waals surface area contributed by atoms with Crippen LogP contribution in [0, 0.1) is 11.3 Å². The van der Waals surface area contributed by atoms with Gasteiger partial charge in [-0.3, -0.25) is 14.5 Å². The van der Waals surface area contributed by atoms with Crippen LogP contribution in [0.15, 0.2) is 91.4 Å². The lowest BCUT2D eigenvalue weighted by atomic mass is 10.1. The van der Waals surface area contributed by atoms with Gasteiger partial charge in [-0.1, -0.05) is 30.3 Å². The van der Waals surface area contributed by atoms with Crippen molar-refractivity contribution in [1.82, 2.24) is 19.7 Å². The van der Waals surface area contributed by atoms with Crippen LogP contribution in [-0.2, 0) is 11.3 Å². The number of hydrogen-bond acceptors (Lipinski definition) is 5. The molecular weight excluding hydrogens is 460 g/mol. The van der Waals surface area contributed by atoms with Crippen molar-refractivity contribution in [3.05, 3.63) is 108 Å². The van der Waals surface area contributed by atoms with Crippen LogP contribution in [-0.4, -0.2) is 51.8 Å². The van der Waals surface area contributed by atoms with Crippen LogP contribution in [0.5, 0.6) is 0 Å². The summed E-state index contributed by atoms with van der Waals surface area (Å²) in [6, 6.07) is 23.8. The highest BCUT2D eigenvalue weighted by Crippen LogP contribution is 2.23. The number of nitrogens with zero attached hydrogens (tertiary/aromatic N) is 6. The molecule has 0 radical (unpaired) electrons. The normalized spacial score (nSPS) is 13.9. The Morgan fingerprint density at radius 2 is 1.81 bits per heavy atom. The first-order valence-electron chi connectivity index (χ1n) is 12.4. The lowest BCUT2D eigenvalue weighted by Crippen LogP contribution is -2.34. The summed E-state index contributed by atoms with van der Waals surface area (Å²) in [7, 11) is 0. The fourth-order valence-corrected chi connectivity index (χ4v) is 4.55. The van der Waals surface area contributed by atoms with Crippen molar-refractivity contribution >= 4 is 17.7 Å². The SMILES string of the molecule is N#Cc1ccc(N2CCCN(C(=O)/C=C/c3cn(Cc4ccccc4)nc3-c3cccnc3)CC2)cc1. The van der Waals surface area contributed by atoms with Gasteiger partial charge < -0.3 is 9.80 Å². The van der Waals surface area contributed by atoms with E-state index in [0.29, 0.717) is 25.2 Å². The fraction of sp³-hybridized carbons (Fsp3) is 0.200. The fourth-order valence-electron chi connectivity index (χ4n) is 4.55. The standard InChI is InChI=1S/C30H28N6O/c31-20-24-9-12-28(13-10-24)34-16-5-17-35(19-18-34)29(37)14-11-27-23-36(22-25-6-2-1-3-7-25)33-30(27)26-8-4-15-32-21-26/h1-4,6-15,21,23H,5,16-19,22H2/b14-11+. The highest BCUT2D eigenvalue weighted by Gasteiger charge is 2.18. The van der Waals surface area contributed by atoms with Gasteiger partial charge >= 0.3 is 0 Å². The highest BCUT2D eigenvalue weighted by molar-refractivity contribution is 5.93. The first-order chi connectivity index (χ1) is 18.2. The number of benzene rings is 2. The molecule has 3 heterocycles. The molecule has 0 bridgehead atoms. The number of hydrogen-bond donors (Lipinski definition) is 0.